The third-order valence-electron chi connectivity index (χ3n) is 3.83. The number of nitrogens with one attached hydrogen (secondary N) is 1. The van der Waals surface area contributed by atoms with Crippen LogP contribution in [0.1, 0.15) is 18.5 Å². The SMILES string of the molecule is CC(C(=O)N1CCSCC1)c1n[nH]c(=O)c2ccccc12. The molecule has 2 heterocycles. The summed E-state index contributed by atoms with van der Waals surface area (Å²) in [5.41, 5.74) is 0.428. The second-order valence-corrected chi connectivity index (χ2v) is 6.37. The molecule has 110 valence electrons. The van der Waals surface area contributed by atoms with Crippen LogP contribution in [0.5, 0.6) is 0 Å². The van der Waals surface area contributed by atoms with Crippen molar-refractivity contribution in [3.05, 3.63) is 40.3 Å². The number of carbonyl (C=O) groups excluding carboxylic acids is 1. The zero-order valence-corrected chi connectivity index (χ0v) is 12.7. The number of aromatic nitrogens is 2. The molecule has 21 heavy (non-hydrogen) atoms. The first-order valence-electron chi connectivity index (χ1n) is 7.02. The molecule has 1 atom stereocenters. The largest absolute Gasteiger partial charge is 0.340 e. The van der Waals surface area contributed by atoms with E-state index in [0.717, 1.165) is 30.0 Å². The smallest absolute Gasteiger partial charge is 0.272 e. The van der Waals surface area contributed by atoms with E-state index < -0.39 is 0 Å². The molecule has 5 nitrogen and oxygen atoms in total. The van der Waals surface area contributed by atoms with Crippen LogP contribution in [0.2, 0.25) is 0 Å². The zero-order valence-electron chi connectivity index (χ0n) is 11.8. The molecule has 1 amide bonds. The van der Waals surface area contributed by atoms with Crippen LogP contribution >= 0.6 is 11.8 Å². The first kappa shape index (κ1) is 14.1. The molecule has 1 aromatic carbocycles. The van der Waals surface area contributed by atoms with Gasteiger partial charge < -0.3 is 4.90 Å². The van der Waals surface area contributed by atoms with Crippen molar-refractivity contribution in [1.82, 2.24) is 15.1 Å². The van der Waals surface area contributed by atoms with E-state index in [4.69, 9.17) is 0 Å². The lowest BCUT2D eigenvalue weighted by atomic mass is 10.00. The quantitative estimate of drug-likeness (QED) is 0.915. The molecule has 0 aliphatic carbocycles. The van der Waals surface area contributed by atoms with Gasteiger partial charge in [-0.15, -0.1) is 0 Å². The van der Waals surface area contributed by atoms with E-state index in [0.29, 0.717) is 11.1 Å². The summed E-state index contributed by atoms with van der Waals surface area (Å²) in [4.78, 5) is 26.3. The van der Waals surface area contributed by atoms with Gasteiger partial charge in [-0.05, 0) is 13.0 Å². The third-order valence-corrected chi connectivity index (χ3v) is 4.77. The normalized spacial score (nSPS) is 16.9. The monoisotopic (exact) mass is 303 g/mol. The van der Waals surface area contributed by atoms with Crippen LogP contribution in [0.25, 0.3) is 10.8 Å². The van der Waals surface area contributed by atoms with Crippen molar-refractivity contribution in [2.75, 3.05) is 24.6 Å². The number of thioether (sulfide) groups is 1. The van der Waals surface area contributed by atoms with Crippen LogP contribution in [-0.2, 0) is 4.79 Å². The fourth-order valence-corrected chi connectivity index (χ4v) is 3.54. The second-order valence-electron chi connectivity index (χ2n) is 5.14. The molecular formula is C15H17N3O2S. The predicted octanol–water partition coefficient (Wildman–Crippen LogP) is 1.60. The summed E-state index contributed by atoms with van der Waals surface area (Å²) in [6.45, 7) is 3.43. The van der Waals surface area contributed by atoms with E-state index in [2.05, 4.69) is 10.2 Å². The van der Waals surface area contributed by atoms with Crippen molar-refractivity contribution in [2.45, 2.75) is 12.8 Å². The highest BCUT2D eigenvalue weighted by molar-refractivity contribution is 7.99. The summed E-state index contributed by atoms with van der Waals surface area (Å²) in [5, 5.41) is 7.97. The Morgan fingerprint density at radius 2 is 1.95 bits per heavy atom. The van der Waals surface area contributed by atoms with Gasteiger partial charge in [0, 0.05) is 30.0 Å². The Kier molecular flexibility index (Phi) is 3.96. The number of rotatable bonds is 2. The number of nitrogens with zero attached hydrogens (tertiary/aromatic N) is 2. The van der Waals surface area contributed by atoms with Gasteiger partial charge in [0.15, 0.2) is 0 Å². The zero-order chi connectivity index (χ0) is 14.8. The highest BCUT2D eigenvalue weighted by Crippen LogP contribution is 2.23. The molecule has 6 heteroatoms. The van der Waals surface area contributed by atoms with Crippen LogP contribution in [-0.4, -0.2) is 45.6 Å². The van der Waals surface area contributed by atoms with Gasteiger partial charge in [0.25, 0.3) is 5.56 Å². The molecule has 0 saturated carbocycles. The van der Waals surface area contributed by atoms with Crippen molar-refractivity contribution in [3.63, 3.8) is 0 Å². The summed E-state index contributed by atoms with van der Waals surface area (Å²) in [6, 6.07) is 7.29. The fourth-order valence-electron chi connectivity index (χ4n) is 2.64. The molecule has 1 N–H and O–H groups in total. The maximum Gasteiger partial charge on any atom is 0.272 e. The predicted molar refractivity (Wildman–Crippen MR) is 84.7 cm³/mol. The lowest BCUT2D eigenvalue weighted by Gasteiger charge is -2.29. The van der Waals surface area contributed by atoms with Crippen molar-refractivity contribution >= 4 is 28.4 Å². The van der Waals surface area contributed by atoms with E-state index >= 15 is 0 Å². The Morgan fingerprint density at radius 1 is 1.29 bits per heavy atom. The van der Waals surface area contributed by atoms with Crippen LogP contribution in [0.4, 0.5) is 0 Å². The summed E-state index contributed by atoms with van der Waals surface area (Å²) in [7, 11) is 0. The molecule has 3 rings (SSSR count). The Hall–Kier alpha value is -1.82. The Morgan fingerprint density at radius 3 is 2.67 bits per heavy atom. The highest BCUT2D eigenvalue weighted by Gasteiger charge is 2.26. The van der Waals surface area contributed by atoms with E-state index in [1.807, 2.05) is 41.8 Å². The number of hydrogen-bond acceptors (Lipinski definition) is 4. The molecule has 0 spiro atoms. The van der Waals surface area contributed by atoms with Crippen molar-refractivity contribution in [1.29, 1.82) is 0 Å². The van der Waals surface area contributed by atoms with Gasteiger partial charge in [-0.25, -0.2) is 5.10 Å². The molecule has 1 saturated heterocycles. The van der Waals surface area contributed by atoms with Gasteiger partial charge in [0.05, 0.1) is 17.0 Å². The standard InChI is InChI=1S/C15H17N3O2S/c1-10(15(20)18-6-8-21-9-7-18)13-11-4-2-3-5-12(11)14(19)17-16-13/h2-5,10H,6-9H2,1H3,(H,17,19). The number of H-pyrrole nitrogens is 1. The maximum absolute atomic E-state index is 12.6. The summed E-state index contributed by atoms with van der Waals surface area (Å²) >= 11 is 1.87. The van der Waals surface area contributed by atoms with Crippen LogP contribution in [0.15, 0.2) is 29.1 Å². The molecule has 1 aromatic heterocycles. The van der Waals surface area contributed by atoms with Gasteiger partial charge in [-0.3, -0.25) is 9.59 Å². The van der Waals surface area contributed by atoms with E-state index in [-0.39, 0.29) is 17.4 Å². The van der Waals surface area contributed by atoms with Crippen molar-refractivity contribution in [3.8, 4) is 0 Å². The second kappa shape index (κ2) is 5.89. The summed E-state index contributed by atoms with van der Waals surface area (Å²) < 4.78 is 0. The Labute approximate surface area is 126 Å². The first-order valence-corrected chi connectivity index (χ1v) is 8.18. The molecular weight excluding hydrogens is 286 g/mol. The number of fused-ring (bicyclic) bond motifs is 1. The van der Waals surface area contributed by atoms with Gasteiger partial charge >= 0.3 is 0 Å². The molecule has 0 radical (unpaired) electrons. The topological polar surface area (TPSA) is 66.1 Å². The highest BCUT2D eigenvalue weighted by atomic mass is 32.2. The lowest BCUT2D eigenvalue weighted by molar-refractivity contribution is -0.132. The number of amides is 1. The molecule has 1 unspecified atom stereocenters. The van der Waals surface area contributed by atoms with Crippen LogP contribution in [0, 0.1) is 0 Å². The number of hydrogen-bond donors (Lipinski definition) is 1. The summed E-state index contributed by atoms with van der Waals surface area (Å²) in [5.74, 6) is 1.70. The van der Waals surface area contributed by atoms with Crippen molar-refractivity contribution in [2.24, 2.45) is 0 Å². The fraction of sp³-hybridized carbons (Fsp3) is 0.400. The van der Waals surface area contributed by atoms with Gasteiger partial charge in [-0.1, -0.05) is 18.2 Å². The Bertz CT molecular complexity index is 722. The maximum atomic E-state index is 12.6. The average molecular weight is 303 g/mol. The molecule has 1 fully saturated rings. The van der Waals surface area contributed by atoms with Crippen molar-refractivity contribution < 1.29 is 4.79 Å². The molecule has 2 aromatic rings. The summed E-state index contributed by atoms with van der Waals surface area (Å²) in [6.07, 6.45) is 0. The van der Waals surface area contributed by atoms with E-state index in [9.17, 15) is 9.59 Å². The number of carbonyl (C=O) groups is 1. The third kappa shape index (κ3) is 2.68. The number of aromatic amines is 1. The minimum absolute atomic E-state index is 0.0833. The Balaban J connectivity index is 1.98. The molecule has 1 aliphatic heterocycles. The van der Waals surface area contributed by atoms with Gasteiger partial charge in [0.2, 0.25) is 5.91 Å². The molecule has 0 bridgehead atoms. The first-order chi connectivity index (χ1) is 10.2. The molecule has 1 aliphatic rings. The minimum atomic E-state index is -0.352. The van der Waals surface area contributed by atoms with E-state index in [1.165, 1.54) is 0 Å². The average Bonchev–Trinajstić information content (AvgIpc) is 2.55. The van der Waals surface area contributed by atoms with Gasteiger partial charge in [-0.2, -0.15) is 16.9 Å². The van der Waals surface area contributed by atoms with Gasteiger partial charge in [0.1, 0.15) is 0 Å². The minimum Gasteiger partial charge on any atom is -0.340 e. The number of benzene rings is 1. The lowest BCUT2D eigenvalue weighted by Crippen LogP contribution is -2.40. The van der Waals surface area contributed by atoms with E-state index in [1.54, 1.807) is 6.07 Å². The van der Waals surface area contributed by atoms with Crippen LogP contribution < -0.4 is 5.56 Å². The van der Waals surface area contributed by atoms with Crippen LogP contribution in [0.3, 0.4) is 0 Å².